The lowest BCUT2D eigenvalue weighted by atomic mass is 10.0. The molecule has 0 aliphatic carbocycles. The van der Waals surface area contributed by atoms with E-state index in [9.17, 15) is 14.0 Å². The topological polar surface area (TPSA) is 135 Å². The number of nitriles is 1. The first kappa shape index (κ1) is 20.5. The second-order valence-electron chi connectivity index (χ2n) is 6.48. The number of rotatable bonds is 4. The highest BCUT2D eigenvalue weighted by Crippen LogP contribution is 2.33. The van der Waals surface area contributed by atoms with Crippen molar-refractivity contribution in [1.82, 2.24) is 4.98 Å². The summed E-state index contributed by atoms with van der Waals surface area (Å²) in [6, 6.07) is 7.48. The highest BCUT2D eigenvalue weighted by atomic mass is 79.9. The number of carbonyl (C=O) groups excluding carboxylic acids is 2. The van der Waals surface area contributed by atoms with Crippen LogP contribution in [0.1, 0.15) is 28.8 Å². The van der Waals surface area contributed by atoms with Crippen LogP contribution in [0.2, 0.25) is 0 Å². The van der Waals surface area contributed by atoms with Crippen LogP contribution >= 0.6 is 15.9 Å². The van der Waals surface area contributed by atoms with Gasteiger partial charge in [-0.3, -0.25) is 4.79 Å². The van der Waals surface area contributed by atoms with Gasteiger partial charge in [-0.05, 0) is 34.1 Å². The van der Waals surface area contributed by atoms with Crippen LogP contribution in [-0.2, 0) is 4.74 Å². The van der Waals surface area contributed by atoms with Gasteiger partial charge in [-0.1, -0.05) is 6.07 Å². The molecule has 0 spiro atoms. The number of hydrogen-bond donors (Lipinski definition) is 2. The van der Waals surface area contributed by atoms with E-state index in [2.05, 4.69) is 20.9 Å². The number of nitrogens with zero attached hydrogens (tertiary/aromatic N) is 3. The monoisotopic (exact) mass is 461 g/mol. The molecular formula is C19H17BrFN5O3. The summed E-state index contributed by atoms with van der Waals surface area (Å²) in [5.74, 6) is -0.956. The molecule has 1 aliphatic rings. The first-order valence-electron chi connectivity index (χ1n) is 8.71. The van der Waals surface area contributed by atoms with E-state index in [4.69, 9.17) is 21.5 Å². The summed E-state index contributed by atoms with van der Waals surface area (Å²) >= 11 is 3.36. The van der Waals surface area contributed by atoms with Gasteiger partial charge in [-0.25, -0.2) is 14.2 Å². The number of hydrogen-bond acceptors (Lipinski definition) is 6. The van der Waals surface area contributed by atoms with Crippen LogP contribution in [0.25, 0.3) is 11.3 Å². The second-order valence-corrected chi connectivity index (χ2v) is 7.34. The summed E-state index contributed by atoms with van der Waals surface area (Å²) in [5, 5.41) is 8.91. The van der Waals surface area contributed by atoms with Gasteiger partial charge in [-0.15, -0.1) is 0 Å². The minimum Gasteiger partial charge on any atom is -0.446 e. The Morgan fingerprint density at radius 2 is 1.97 bits per heavy atom. The van der Waals surface area contributed by atoms with E-state index in [1.54, 1.807) is 18.2 Å². The van der Waals surface area contributed by atoms with Crippen LogP contribution in [0.4, 0.5) is 15.0 Å². The lowest BCUT2D eigenvalue weighted by Crippen LogP contribution is -2.40. The van der Waals surface area contributed by atoms with Crippen molar-refractivity contribution < 1.29 is 18.7 Å². The van der Waals surface area contributed by atoms with Crippen LogP contribution in [0.3, 0.4) is 0 Å². The van der Waals surface area contributed by atoms with Crippen LogP contribution in [-0.4, -0.2) is 36.2 Å². The Bertz CT molecular complexity index is 1020. The molecule has 1 aromatic heterocycles. The summed E-state index contributed by atoms with van der Waals surface area (Å²) in [6.07, 6.45) is -0.101. The molecule has 3 rings (SSSR count). The van der Waals surface area contributed by atoms with Crippen LogP contribution in [0, 0.1) is 17.1 Å². The molecule has 0 saturated carbocycles. The number of piperidine rings is 1. The number of carbonyl (C=O) groups is 2. The van der Waals surface area contributed by atoms with Crippen molar-refractivity contribution >= 4 is 33.7 Å². The summed E-state index contributed by atoms with van der Waals surface area (Å²) < 4.78 is 19.6. The van der Waals surface area contributed by atoms with E-state index in [-0.39, 0.29) is 17.2 Å². The number of primary amides is 2. The maximum Gasteiger partial charge on any atom is 0.404 e. The number of amides is 2. The molecule has 0 radical (unpaired) electrons. The van der Waals surface area contributed by atoms with Gasteiger partial charge in [0.25, 0.3) is 5.91 Å². The van der Waals surface area contributed by atoms with E-state index in [1.165, 1.54) is 12.1 Å². The van der Waals surface area contributed by atoms with E-state index in [0.717, 1.165) is 0 Å². The Balaban J connectivity index is 1.98. The second kappa shape index (κ2) is 8.45. The van der Waals surface area contributed by atoms with E-state index >= 15 is 0 Å². The zero-order chi connectivity index (χ0) is 21.1. The van der Waals surface area contributed by atoms with Gasteiger partial charge in [0.05, 0.1) is 16.8 Å². The SMILES string of the molecule is N#Cc1ccc(-c2nc(N3CCC(OC(N)=O)CC3)c(C(N)=O)cc2Br)cc1F. The number of ether oxygens (including phenoxy) is 1. The average molecular weight is 462 g/mol. The molecule has 4 N–H and O–H groups in total. The van der Waals surface area contributed by atoms with Crippen LogP contribution in [0.15, 0.2) is 28.7 Å². The molecule has 0 unspecified atom stereocenters. The molecule has 1 aromatic carbocycles. The van der Waals surface area contributed by atoms with Crippen molar-refractivity contribution in [2.45, 2.75) is 18.9 Å². The molecular weight excluding hydrogens is 445 g/mol. The van der Waals surface area contributed by atoms with E-state index in [0.29, 0.717) is 47.5 Å². The van der Waals surface area contributed by atoms with Crippen molar-refractivity contribution in [2.75, 3.05) is 18.0 Å². The molecule has 2 aromatic rings. The smallest absolute Gasteiger partial charge is 0.404 e. The molecule has 0 bridgehead atoms. The standard InChI is InChI=1S/C19H17BrFN5O3/c20-14-8-13(17(23)27)18(26-5-3-12(4-6-26)29-19(24)28)25-16(14)10-1-2-11(9-22)15(21)7-10/h1-2,7-8,12H,3-6H2,(H2,23,27)(H2,24,28). The molecule has 1 fully saturated rings. The van der Waals surface area contributed by atoms with Gasteiger partial charge < -0.3 is 21.1 Å². The molecule has 29 heavy (non-hydrogen) atoms. The first-order chi connectivity index (χ1) is 13.8. The Labute approximate surface area is 174 Å². The first-order valence-corrected chi connectivity index (χ1v) is 9.51. The predicted octanol–water partition coefficient (Wildman–Crippen LogP) is 2.68. The van der Waals surface area contributed by atoms with Crippen molar-refractivity contribution in [3.05, 3.63) is 45.7 Å². The van der Waals surface area contributed by atoms with Crippen LogP contribution in [0.5, 0.6) is 0 Å². The Morgan fingerprint density at radius 3 is 2.52 bits per heavy atom. The third-order valence-electron chi connectivity index (χ3n) is 4.61. The number of aromatic nitrogens is 1. The fourth-order valence-electron chi connectivity index (χ4n) is 3.21. The zero-order valence-corrected chi connectivity index (χ0v) is 16.8. The fraction of sp³-hybridized carbons (Fsp3) is 0.263. The third kappa shape index (κ3) is 4.46. The van der Waals surface area contributed by atoms with Gasteiger partial charge in [0.15, 0.2) is 0 Å². The zero-order valence-electron chi connectivity index (χ0n) is 15.2. The quantitative estimate of drug-likeness (QED) is 0.717. The van der Waals surface area contributed by atoms with Crippen molar-refractivity contribution in [3.8, 4) is 17.3 Å². The average Bonchev–Trinajstić information content (AvgIpc) is 2.68. The van der Waals surface area contributed by atoms with E-state index < -0.39 is 17.8 Å². The van der Waals surface area contributed by atoms with Gasteiger partial charge in [-0.2, -0.15) is 5.26 Å². The minimum atomic E-state index is -0.826. The molecule has 10 heteroatoms. The summed E-state index contributed by atoms with van der Waals surface area (Å²) in [7, 11) is 0. The maximum absolute atomic E-state index is 14.1. The number of nitrogens with two attached hydrogens (primary N) is 2. The molecule has 150 valence electrons. The number of anilines is 1. The molecule has 2 heterocycles. The maximum atomic E-state index is 14.1. The number of pyridine rings is 1. The van der Waals surface area contributed by atoms with Crippen molar-refractivity contribution in [1.29, 1.82) is 5.26 Å². The minimum absolute atomic E-state index is 0.0737. The number of halogens is 2. The molecule has 1 saturated heterocycles. The Morgan fingerprint density at radius 1 is 1.28 bits per heavy atom. The van der Waals surface area contributed by atoms with Crippen molar-refractivity contribution in [2.24, 2.45) is 11.5 Å². The van der Waals surface area contributed by atoms with Crippen molar-refractivity contribution in [3.63, 3.8) is 0 Å². The summed E-state index contributed by atoms with van der Waals surface area (Å²) in [5.41, 5.74) is 11.6. The highest BCUT2D eigenvalue weighted by Gasteiger charge is 2.26. The molecule has 1 aliphatic heterocycles. The Hall–Kier alpha value is -3.19. The summed E-state index contributed by atoms with van der Waals surface area (Å²) in [4.78, 5) is 29.3. The van der Waals surface area contributed by atoms with Crippen LogP contribution < -0.4 is 16.4 Å². The molecule has 0 atom stereocenters. The van der Waals surface area contributed by atoms with Gasteiger partial charge in [0.1, 0.15) is 23.8 Å². The highest BCUT2D eigenvalue weighted by molar-refractivity contribution is 9.10. The fourth-order valence-corrected chi connectivity index (χ4v) is 3.75. The molecule has 2 amide bonds. The Kier molecular flexibility index (Phi) is 5.98. The lowest BCUT2D eigenvalue weighted by molar-refractivity contribution is 0.0911. The largest absolute Gasteiger partial charge is 0.446 e. The number of benzene rings is 1. The van der Waals surface area contributed by atoms with E-state index in [1.807, 2.05) is 4.90 Å². The summed E-state index contributed by atoms with van der Waals surface area (Å²) in [6.45, 7) is 0.933. The lowest BCUT2D eigenvalue weighted by Gasteiger charge is -2.33. The predicted molar refractivity (Wildman–Crippen MR) is 106 cm³/mol. The van der Waals surface area contributed by atoms with Gasteiger partial charge in [0.2, 0.25) is 0 Å². The van der Waals surface area contributed by atoms with Gasteiger partial charge >= 0.3 is 6.09 Å². The molecule has 8 nitrogen and oxygen atoms in total. The third-order valence-corrected chi connectivity index (χ3v) is 5.21. The normalized spacial score (nSPS) is 14.3. The van der Waals surface area contributed by atoms with Gasteiger partial charge in [0, 0.05) is 36.0 Å².